The summed E-state index contributed by atoms with van der Waals surface area (Å²) in [7, 11) is 0. The number of benzene rings is 2. The van der Waals surface area contributed by atoms with E-state index in [1.807, 2.05) is 13.8 Å². The van der Waals surface area contributed by atoms with E-state index >= 15 is 0 Å². The number of hydrogen-bond acceptors (Lipinski definition) is 6. The first-order chi connectivity index (χ1) is 17.6. The zero-order valence-corrected chi connectivity index (χ0v) is 20.0. The molecule has 4 rings (SSSR count). The molecule has 2 heterocycles. The summed E-state index contributed by atoms with van der Waals surface area (Å²) < 4.78 is 40.6. The highest BCUT2D eigenvalue weighted by Crippen LogP contribution is 2.30. The zero-order chi connectivity index (χ0) is 26.7. The topological polar surface area (TPSA) is 119 Å². The van der Waals surface area contributed by atoms with E-state index in [1.54, 1.807) is 22.9 Å². The number of aliphatic hydroxyl groups excluding tert-OH is 1. The van der Waals surface area contributed by atoms with Crippen molar-refractivity contribution in [3.05, 3.63) is 76.7 Å². The molecular weight excluding hydrogens is 485 g/mol. The van der Waals surface area contributed by atoms with Crippen LogP contribution < -0.4 is 11.1 Å². The average molecular weight is 509 g/mol. The lowest BCUT2D eigenvalue weighted by molar-refractivity contribution is -0.137. The number of carbonyl (C=O) groups is 1. The molecule has 0 unspecified atom stereocenters. The van der Waals surface area contributed by atoms with Crippen molar-refractivity contribution in [3.8, 4) is 11.8 Å². The van der Waals surface area contributed by atoms with E-state index in [0.717, 1.165) is 17.7 Å². The average Bonchev–Trinajstić information content (AvgIpc) is 3.22. The lowest BCUT2D eigenvalue weighted by Crippen LogP contribution is -2.14. The van der Waals surface area contributed by atoms with E-state index in [1.165, 1.54) is 18.5 Å². The number of nitrogens with zero attached hydrogens (tertiary/aromatic N) is 4. The van der Waals surface area contributed by atoms with Crippen LogP contribution >= 0.6 is 0 Å². The smallest absolute Gasteiger partial charge is 0.396 e. The van der Waals surface area contributed by atoms with Gasteiger partial charge in [0.15, 0.2) is 5.65 Å². The quantitative estimate of drug-likeness (QED) is 0.351. The van der Waals surface area contributed by atoms with Crippen molar-refractivity contribution in [2.75, 3.05) is 17.7 Å². The highest BCUT2D eigenvalue weighted by atomic mass is 19.4. The molecule has 2 aromatic carbocycles. The number of aliphatic hydroxyl groups is 1. The third-order valence-electron chi connectivity index (χ3n) is 5.62. The number of nitrogen functional groups attached to an aromatic ring is 1. The largest absolute Gasteiger partial charge is 0.416 e. The van der Waals surface area contributed by atoms with Crippen LogP contribution in [0.25, 0.3) is 11.0 Å². The predicted molar refractivity (Wildman–Crippen MR) is 133 cm³/mol. The molecule has 4 N–H and O–H groups in total. The van der Waals surface area contributed by atoms with Crippen LogP contribution in [0, 0.1) is 24.7 Å². The first-order valence-corrected chi connectivity index (χ1v) is 11.3. The van der Waals surface area contributed by atoms with Crippen molar-refractivity contribution >= 4 is 28.4 Å². The third-order valence-corrected chi connectivity index (χ3v) is 5.62. The van der Waals surface area contributed by atoms with Crippen molar-refractivity contribution in [2.24, 2.45) is 5.92 Å². The lowest BCUT2D eigenvalue weighted by atomic mass is 10.1. The van der Waals surface area contributed by atoms with Crippen LogP contribution in [0.2, 0.25) is 0 Å². The number of nitrogens with two attached hydrogens (primary N) is 1. The van der Waals surface area contributed by atoms with Gasteiger partial charge >= 0.3 is 6.18 Å². The maximum Gasteiger partial charge on any atom is 0.416 e. The monoisotopic (exact) mass is 508 g/mol. The Hall–Kier alpha value is -4.43. The van der Waals surface area contributed by atoms with Gasteiger partial charge < -0.3 is 16.2 Å². The third kappa shape index (κ3) is 5.70. The molecule has 8 nitrogen and oxygen atoms in total. The minimum Gasteiger partial charge on any atom is -0.396 e. The van der Waals surface area contributed by atoms with Crippen molar-refractivity contribution in [2.45, 2.75) is 26.6 Å². The second kappa shape index (κ2) is 10.3. The Labute approximate surface area is 210 Å². The number of carbonyl (C=O) groups excluding carboxylic acids is 1. The van der Waals surface area contributed by atoms with Gasteiger partial charge in [0.2, 0.25) is 0 Å². The number of alkyl halides is 3. The molecule has 0 saturated carbocycles. The number of rotatable bonds is 5. The molecule has 11 heteroatoms. The lowest BCUT2D eigenvalue weighted by Gasteiger charge is -2.10. The van der Waals surface area contributed by atoms with E-state index in [0.29, 0.717) is 34.5 Å². The number of halogens is 3. The van der Waals surface area contributed by atoms with Gasteiger partial charge in [-0.3, -0.25) is 4.79 Å². The molecule has 1 atom stereocenters. The van der Waals surface area contributed by atoms with Gasteiger partial charge in [0, 0.05) is 30.0 Å². The van der Waals surface area contributed by atoms with Gasteiger partial charge in [-0.2, -0.15) is 18.3 Å². The number of aromatic nitrogens is 4. The Morgan fingerprint density at radius 1 is 1.19 bits per heavy atom. The minimum absolute atomic E-state index is 0.0266. The maximum absolute atomic E-state index is 13.0. The van der Waals surface area contributed by atoms with E-state index in [4.69, 9.17) is 5.73 Å². The molecule has 37 heavy (non-hydrogen) atoms. The summed E-state index contributed by atoms with van der Waals surface area (Å²) in [5.41, 5.74) is 7.65. The Bertz CT molecular complexity index is 1540. The molecule has 0 bridgehead atoms. The second-order valence-corrected chi connectivity index (χ2v) is 8.59. The Morgan fingerprint density at radius 3 is 2.70 bits per heavy atom. The van der Waals surface area contributed by atoms with E-state index in [-0.39, 0.29) is 23.9 Å². The van der Waals surface area contributed by atoms with Gasteiger partial charge in [0.25, 0.3) is 5.91 Å². The normalized spacial score (nSPS) is 12.2. The molecular formula is C26H23F3N6O2. The Balaban J connectivity index is 1.64. The molecule has 0 saturated heterocycles. The molecule has 0 fully saturated rings. The number of nitrogens with one attached hydrogen (secondary N) is 1. The molecule has 0 aliphatic heterocycles. The molecule has 0 aliphatic carbocycles. The van der Waals surface area contributed by atoms with Gasteiger partial charge in [-0.25, -0.2) is 14.6 Å². The van der Waals surface area contributed by atoms with Gasteiger partial charge in [-0.1, -0.05) is 25.0 Å². The summed E-state index contributed by atoms with van der Waals surface area (Å²) in [4.78, 5) is 20.9. The van der Waals surface area contributed by atoms with Crippen LogP contribution in [0.3, 0.4) is 0 Å². The number of hydrogen-bond donors (Lipinski definition) is 3. The molecule has 0 radical (unpaired) electrons. The van der Waals surface area contributed by atoms with E-state index in [2.05, 4.69) is 32.2 Å². The number of fused-ring (bicyclic) bond motifs is 1. The summed E-state index contributed by atoms with van der Waals surface area (Å²) in [6.45, 7) is 4.08. The van der Waals surface area contributed by atoms with Crippen LogP contribution in [0.4, 0.5) is 24.7 Å². The zero-order valence-electron chi connectivity index (χ0n) is 20.0. The van der Waals surface area contributed by atoms with Gasteiger partial charge in [0.1, 0.15) is 17.8 Å². The number of aryl methyl sites for hydroxylation is 1. The molecule has 190 valence electrons. The van der Waals surface area contributed by atoms with Gasteiger partial charge in [-0.05, 0) is 54.7 Å². The van der Waals surface area contributed by atoms with Crippen molar-refractivity contribution in [1.82, 2.24) is 19.7 Å². The van der Waals surface area contributed by atoms with Crippen molar-refractivity contribution in [3.63, 3.8) is 0 Å². The fourth-order valence-corrected chi connectivity index (χ4v) is 3.60. The van der Waals surface area contributed by atoms with Crippen LogP contribution in [0.1, 0.15) is 39.7 Å². The van der Waals surface area contributed by atoms with Gasteiger partial charge in [-0.15, -0.1) is 0 Å². The highest BCUT2D eigenvalue weighted by molar-refractivity contribution is 6.04. The predicted octanol–water partition coefficient (Wildman–Crippen LogP) is 4.02. The van der Waals surface area contributed by atoms with Crippen LogP contribution in [0.5, 0.6) is 0 Å². The number of anilines is 2. The fourth-order valence-electron chi connectivity index (χ4n) is 3.60. The first kappa shape index (κ1) is 25.7. The van der Waals surface area contributed by atoms with Crippen LogP contribution in [0.15, 0.2) is 48.8 Å². The number of amides is 1. The second-order valence-electron chi connectivity index (χ2n) is 8.59. The minimum atomic E-state index is -4.55. The fraction of sp³-hybridized carbons (Fsp3) is 0.231. The summed E-state index contributed by atoms with van der Waals surface area (Å²) in [6, 6.07) is 9.20. The Morgan fingerprint density at radius 2 is 1.97 bits per heavy atom. The molecule has 0 aliphatic rings. The maximum atomic E-state index is 13.0. The Kier molecular flexibility index (Phi) is 7.13. The molecule has 4 aromatic rings. The van der Waals surface area contributed by atoms with E-state index < -0.39 is 17.6 Å². The van der Waals surface area contributed by atoms with Crippen LogP contribution in [-0.2, 0) is 12.7 Å². The summed E-state index contributed by atoms with van der Waals surface area (Å²) in [6.07, 6.45) is -3.22. The van der Waals surface area contributed by atoms with E-state index in [9.17, 15) is 23.1 Å². The molecule has 0 spiro atoms. The van der Waals surface area contributed by atoms with Crippen molar-refractivity contribution in [1.29, 1.82) is 0 Å². The van der Waals surface area contributed by atoms with Gasteiger partial charge in [0.05, 0.1) is 10.9 Å². The SMILES string of the molecule is Cc1ccc(NC(=O)c2cccc(C(F)(F)F)c2)cc1C#Cc1nn(C[C@@H](C)CO)c2ncnc(N)c12. The highest BCUT2D eigenvalue weighted by Gasteiger charge is 2.30. The summed E-state index contributed by atoms with van der Waals surface area (Å²) in [5.74, 6) is 5.49. The standard InChI is InChI=1S/C26H23F3N6O2/c1-15(13-36)12-35-24-22(23(30)31-14-32-24)21(34-35)9-7-17-11-20(8-6-16(17)2)33-25(37)18-4-3-5-19(10-18)26(27,28)29/h3-6,8,10-11,14-15,36H,12-13H2,1-2H3,(H,33,37)(H2,30,31,32)/t15-/m1/s1. The molecule has 2 aromatic heterocycles. The van der Waals surface area contributed by atoms with Crippen LogP contribution in [-0.4, -0.2) is 37.4 Å². The molecule has 1 amide bonds. The van der Waals surface area contributed by atoms with Crippen molar-refractivity contribution < 1.29 is 23.1 Å². The first-order valence-electron chi connectivity index (χ1n) is 11.3. The summed E-state index contributed by atoms with van der Waals surface area (Å²) >= 11 is 0. The summed E-state index contributed by atoms with van der Waals surface area (Å²) in [5, 5.41) is 17.0.